The molecule has 1 aliphatic heterocycles. The summed E-state index contributed by atoms with van der Waals surface area (Å²) in [6.07, 6.45) is 3.36. The Hall–Kier alpha value is -1.89. The van der Waals surface area contributed by atoms with Crippen molar-refractivity contribution in [1.82, 2.24) is 9.97 Å². The summed E-state index contributed by atoms with van der Waals surface area (Å²) in [6.45, 7) is 2.49. The molecular formula is C12H18N4O3. The lowest BCUT2D eigenvalue weighted by atomic mass is 10.2. The highest BCUT2D eigenvalue weighted by atomic mass is 16.4. The number of carbonyl (C=O) groups is 1. The summed E-state index contributed by atoms with van der Waals surface area (Å²) in [5.74, 6) is 0.254. The van der Waals surface area contributed by atoms with Gasteiger partial charge < -0.3 is 20.4 Å². The number of rotatable bonds is 5. The van der Waals surface area contributed by atoms with E-state index in [9.17, 15) is 9.90 Å². The molecule has 0 amide bonds. The Morgan fingerprint density at radius 3 is 3.11 bits per heavy atom. The third kappa shape index (κ3) is 3.11. The Morgan fingerprint density at radius 1 is 1.63 bits per heavy atom. The van der Waals surface area contributed by atoms with Gasteiger partial charge in [-0.25, -0.2) is 9.97 Å². The normalized spacial score (nSPS) is 20.3. The zero-order chi connectivity index (χ0) is 13.8. The average Bonchev–Trinajstić information content (AvgIpc) is 2.87. The topological polar surface area (TPSA) is 98.6 Å². The molecule has 1 aromatic heterocycles. The molecule has 19 heavy (non-hydrogen) atoms. The highest BCUT2D eigenvalue weighted by molar-refractivity contribution is 5.76. The van der Waals surface area contributed by atoms with Crippen molar-refractivity contribution in [2.24, 2.45) is 0 Å². The molecule has 2 heterocycles. The van der Waals surface area contributed by atoms with Crippen molar-refractivity contribution in [2.45, 2.75) is 31.8 Å². The van der Waals surface area contributed by atoms with Gasteiger partial charge in [0, 0.05) is 12.6 Å². The van der Waals surface area contributed by atoms with Crippen molar-refractivity contribution >= 4 is 17.6 Å². The molecule has 3 N–H and O–H groups in total. The second kappa shape index (κ2) is 5.83. The predicted octanol–water partition coefficient (Wildman–Crippen LogP) is 0.323. The second-order valence-electron chi connectivity index (χ2n) is 4.64. The number of hydrogen-bond acceptors (Lipinski definition) is 6. The highest BCUT2D eigenvalue weighted by Crippen LogP contribution is 2.24. The van der Waals surface area contributed by atoms with Crippen LogP contribution in [0, 0.1) is 0 Å². The van der Waals surface area contributed by atoms with Crippen LogP contribution in [0.15, 0.2) is 12.4 Å². The van der Waals surface area contributed by atoms with E-state index in [0.717, 1.165) is 19.4 Å². The molecule has 7 nitrogen and oxygen atoms in total. The minimum atomic E-state index is -0.936. The maximum absolute atomic E-state index is 10.8. The Bertz CT molecular complexity index is 454. The van der Waals surface area contributed by atoms with Crippen LogP contribution in [-0.2, 0) is 4.79 Å². The Balaban J connectivity index is 2.12. The molecule has 0 aliphatic carbocycles. The van der Waals surface area contributed by atoms with Gasteiger partial charge in [0.2, 0.25) is 0 Å². The molecule has 2 rings (SSSR count). The monoisotopic (exact) mass is 266 g/mol. The van der Waals surface area contributed by atoms with Crippen LogP contribution in [0.25, 0.3) is 0 Å². The lowest BCUT2D eigenvalue weighted by Crippen LogP contribution is -2.33. The Morgan fingerprint density at radius 2 is 2.42 bits per heavy atom. The third-order valence-corrected chi connectivity index (χ3v) is 3.27. The van der Waals surface area contributed by atoms with Crippen LogP contribution in [0.4, 0.5) is 11.6 Å². The smallest absolute Gasteiger partial charge is 0.325 e. The summed E-state index contributed by atoms with van der Waals surface area (Å²) in [4.78, 5) is 21.0. The highest BCUT2D eigenvalue weighted by Gasteiger charge is 2.25. The van der Waals surface area contributed by atoms with Crippen molar-refractivity contribution in [1.29, 1.82) is 0 Å². The van der Waals surface area contributed by atoms with Crippen LogP contribution in [0.1, 0.15) is 19.8 Å². The molecule has 1 aliphatic rings. The fraction of sp³-hybridized carbons (Fsp3) is 0.583. The predicted molar refractivity (Wildman–Crippen MR) is 70.2 cm³/mol. The van der Waals surface area contributed by atoms with E-state index in [0.29, 0.717) is 11.6 Å². The summed E-state index contributed by atoms with van der Waals surface area (Å²) in [7, 11) is 0. The van der Waals surface area contributed by atoms with E-state index >= 15 is 0 Å². The molecule has 0 bridgehead atoms. The van der Waals surface area contributed by atoms with E-state index in [2.05, 4.69) is 15.3 Å². The maximum atomic E-state index is 10.8. The van der Waals surface area contributed by atoms with Crippen molar-refractivity contribution in [3.05, 3.63) is 12.4 Å². The second-order valence-corrected chi connectivity index (χ2v) is 4.64. The van der Waals surface area contributed by atoms with E-state index in [1.54, 1.807) is 13.0 Å². The largest absolute Gasteiger partial charge is 0.480 e. The van der Waals surface area contributed by atoms with Gasteiger partial charge in [-0.3, -0.25) is 4.79 Å². The third-order valence-electron chi connectivity index (χ3n) is 3.27. The minimum Gasteiger partial charge on any atom is -0.480 e. The Labute approximate surface area is 111 Å². The zero-order valence-corrected chi connectivity index (χ0v) is 10.8. The van der Waals surface area contributed by atoms with Gasteiger partial charge >= 0.3 is 5.97 Å². The minimum absolute atomic E-state index is 0.0830. The fourth-order valence-corrected chi connectivity index (χ4v) is 2.19. The van der Waals surface area contributed by atoms with Crippen molar-refractivity contribution in [3.8, 4) is 0 Å². The molecule has 7 heteroatoms. The van der Waals surface area contributed by atoms with Gasteiger partial charge in [-0.05, 0) is 19.8 Å². The number of aliphatic hydroxyl groups is 1. The van der Waals surface area contributed by atoms with Crippen molar-refractivity contribution in [2.75, 3.05) is 23.4 Å². The first kappa shape index (κ1) is 13.5. The number of nitrogens with one attached hydrogen (secondary N) is 1. The first-order valence-electron chi connectivity index (χ1n) is 6.30. The molecule has 0 aromatic carbocycles. The molecule has 0 spiro atoms. The molecule has 2 atom stereocenters. The summed E-state index contributed by atoms with van der Waals surface area (Å²) in [5, 5.41) is 21.0. The molecule has 1 fully saturated rings. The first-order valence-corrected chi connectivity index (χ1v) is 6.30. The van der Waals surface area contributed by atoms with Crippen LogP contribution < -0.4 is 10.2 Å². The standard InChI is InChI=1S/C12H18N4O3/c1-8(12(18)19)15-10-5-11(14-7-13-10)16-4-2-3-9(16)6-17/h5,7-9,17H,2-4,6H2,1H3,(H,18,19)(H,13,14,15). The molecule has 1 saturated heterocycles. The first-order chi connectivity index (χ1) is 9.11. The number of carboxylic acid groups (broad SMARTS) is 1. The van der Waals surface area contributed by atoms with E-state index in [-0.39, 0.29) is 12.6 Å². The van der Waals surface area contributed by atoms with Gasteiger partial charge in [-0.1, -0.05) is 0 Å². The van der Waals surface area contributed by atoms with E-state index in [1.165, 1.54) is 6.33 Å². The SMILES string of the molecule is CC(Nc1cc(N2CCCC2CO)ncn1)C(=O)O. The fourth-order valence-electron chi connectivity index (χ4n) is 2.19. The molecule has 0 radical (unpaired) electrons. The molecule has 104 valence electrons. The zero-order valence-electron chi connectivity index (χ0n) is 10.8. The lowest BCUT2D eigenvalue weighted by Gasteiger charge is -2.24. The summed E-state index contributed by atoms with van der Waals surface area (Å²) in [6, 6.07) is 1.09. The summed E-state index contributed by atoms with van der Waals surface area (Å²) in [5.41, 5.74) is 0. The van der Waals surface area contributed by atoms with Gasteiger partial charge in [0.25, 0.3) is 0 Å². The van der Waals surface area contributed by atoms with E-state index in [1.807, 2.05) is 4.90 Å². The number of hydrogen-bond donors (Lipinski definition) is 3. The number of aliphatic carboxylic acids is 1. The average molecular weight is 266 g/mol. The van der Waals surface area contributed by atoms with Crippen molar-refractivity contribution in [3.63, 3.8) is 0 Å². The lowest BCUT2D eigenvalue weighted by molar-refractivity contribution is -0.137. The van der Waals surface area contributed by atoms with E-state index in [4.69, 9.17) is 5.11 Å². The number of aliphatic hydroxyl groups excluding tert-OH is 1. The van der Waals surface area contributed by atoms with Crippen LogP contribution in [-0.4, -0.2) is 51.4 Å². The van der Waals surface area contributed by atoms with Gasteiger partial charge in [0.1, 0.15) is 24.0 Å². The summed E-state index contributed by atoms with van der Waals surface area (Å²) >= 11 is 0. The number of aromatic nitrogens is 2. The van der Waals surface area contributed by atoms with Crippen LogP contribution in [0.3, 0.4) is 0 Å². The summed E-state index contributed by atoms with van der Waals surface area (Å²) < 4.78 is 0. The number of carboxylic acids is 1. The molecule has 0 saturated carbocycles. The van der Waals surface area contributed by atoms with Crippen LogP contribution in [0.2, 0.25) is 0 Å². The van der Waals surface area contributed by atoms with Crippen molar-refractivity contribution < 1.29 is 15.0 Å². The number of nitrogens with zero attached hydrogens (tertiary/aromatic N) is 3. The Kier molecular flexibility index (Phi) is 4.16. The maximum Gasteiger partial charge on any atom is 0.325 e. The quantitative estimate of drug-likeness (QED) is 0.706. The molecule has 1 aromatic rings. The van der Waals surface area contributed by atoms with Gasteiger partial charge in [0.15, 0.2) is 0 Å². The number of anilines is 2. The van der Waals surface area contributed by atoms with Gasteiger partial charge in [-0.2, -0.15) is 0 Å². The molecule has 2 unspecified atom stereocenters. The van der Waals surface area contributed by atoms with Crippen LogP contribution >= 0.6 is 0 Å². The van der Waals surface area contributed by atoms with E-state index < -0.39 is 12.0 Å². The molecular weight excluding hydrogens is 248 g/mol. The van der Waals surface area contributed by atoms with Gasteiger partial charge in [-0.15, -0.1) is 0 Å². The van der Waals surface area contributed by atoms with Gasteiger partial charge in [0.05, 0.1) is 12.6 Å². The van der Waals surface area contributed by atoms with Crippen LogP contribution in [0.5, 0.6) is 0 Å².